The quantitative estimate of drug-likeness (QED) is 0.201. The van der Waals surface area contributed by atoms with E-state index in [0.29, 0.717) is 31.1 Å². The number of hydrogen-bond acceptors (Lipinski definition) is 10. The molecule has 0 spiro atoms. The molecule has 12 heteroatoms. The number of aromatic nitrogens is 2. The van der Waals surface area contributed by atoms with Gasteiger partial charge in [0.25, 0.3) is 0 Å². The highest BCUT2D eigenvalue weighted by Gasteiger charge is 2.34. The number of hydrazine groups is 1. The van der Waals surface area contributed by atoms with E-state index in [4.69, 9.17) is 20.2 Å². The first-order chi connectivity index (χ1) is 23.2. The van der Waals surface area contributed by atoms with Crippen molar-refractivity contribution >= 4 is 29.5 Å². The van der Waals surface area contributed by atoms with Crippen molar-refractivity contribution in [3.05, 3.63) is 125 Å². The molecule has 1 aliphatic rings. The first-order valence-corrected chi connectivity index (χ1v) is 15.4. The van der Waals surface area contributed by atoms with Crippen molar-refractivity contribution < 1.29 is 24.0 Å². The molecule has 1 fully saturated rings. The summed E-state index contributed by atoms with van der Waals surface area (Å²) in [5.74, 6) is 0.577. The third kappa shape index (κ3) is 10.0. The summed E-state index contributed by atoms with van der Waals surface area (Å²) in [6.45, 7) is 7.29. The number of aromatic hydroxyl groups is 1. The third-order valence-corrected chi connectivity index (χ3v) is 7.62. The molecule has 1 aliphatic heterocycles. The first kappa shape index (κ1) is 35.4. The van der Waals surface area contributed by atoms with Crippen LogP contribution in [0.5, 0.6) is 5.75 Å². The van der Waals surface area contributed by atoms with Gasteiger partial charge in [0, 0.05) is 30.7 Å². The van der Waals surface area contributed by atoms with E-state index < -0.39 is 6.17 Å². The number of phenols is 1. The van der Waals surface area contributed by atoms with Gasteiger partial charge in [-0.1, -0.05) is 71.4 Å². The maximum Gasteiger partial charge on any atom is 0.242 e. The highest BCUT2D eigenvalue weighted by molar-refractivity contribution is 5.88. The lowest BCUT2D eigenvalue weighted by atomic mass is 10.1. The molecule has 3 aromatic carbocycles. The first-order valence-electron chi connectivity index (χ1n) is 15.4. The molecule has 5 aromatic rings. The Bertz CT molecular complexity index is 1740. The van der Waals surface area contributed by atoms with Crippen LogP contribution in [-0.4, -0.2) is 74.5 Å². The number of benzene rings is 3. The summed E-state index contributed by atoms with van der Waals surface area (Å²) in [6.07, 6.45) is 1.14. The molecule has 0 saturated carbocycles. The Balaban J connectivity index is 0.000000451. The van der Waals surface area contributed by atoms with Crippen molar-refractivity contribution in [1.82, 2.24) is 30.4 Å². The van der Waals surface area contributed by atoms with E-state index in [9.17, 15) is 9.59 Å². The van der Waals surface area contributed by atoms with Crippen LogP contribution in [0.3, 0.4) is 0 Å². The van der Waals surface area contributed by atoms with E-state index in [2.05, 4.69) is 15.6 Å². The van der Waals surface area contributed by atoms with E-state index in [1.807, 2.05) is 99.5 Å². The Kier molecular flexibility index (Phi) is 12.9. The smallest absolute Gasteiger partial charge is 0.242 e. The van der Waals surface area contributed by atoms with Crippen LogP contribution in [0, 0.1) is 13.8 Å². The third-order valence-electron chi connectivity index (χ3n) is 7.62. The number of aryl methyl sites for hydroxylation is 2. The van der Waals surface area contributed by atoms with Crippen LogP contribution in [0.1, 0.15) is 28.1 Å². The lowest BCUT2D eigenvalue weighted by Crippen LogP contribution is -2.62. The van der Waals surface area contributed by atoms with Gasteiger partial charge in [-0.05, 0) is 49.2 Å². The zero-order valence-electron chi connectivity index (χ0n) is 27.2. The summed E-state index contributed by atoms with van der Waals surface area (Å²) in [5, 5.41) is 15.5. The molecule has 250 valence electrons. The number of piperazine rings is 1. The fraction of sp³-hybridized carbons (Fsp3) is 0.250. The lowest BCUT2D eigenvalue weighted by Gasteiger charge is -2.40. The van der Waals surface area contributed by atoms with Crippen molar-refractivity contribution in [3.63, 3.8) is 0 Å². The van der Waals surface area contributed by atoms with Gasteiger partial charge < -0.3 is 30.0 Å². The number of nitrogens with one attached hydrogen (secondary N) is 1. The zero-order chi connectivity index (χ0) is 34.5. The molecule has 48 heavy (non-hydrogen) atoms. The van der Waals surface area contributed by atoms with Crippen LogP contribution in [0.2, 0.25) is 0 Å². The molecule has 0 aliphatic carbocycles. The molecule has 3 heterocycles. The minimum absolute atomic E-state index is 0.0164. The number of rotatable bonds is 9. The number of hydrogen-bond donors (Lipinski definition) is 3. The fourth-order valence-electron chi connectivity index (χ4n) is 5.17. The molecule has 2 amide bonds. The molecule has 1 saturated heterocycles. The number of amides is 2. The van der Waals surface area contributed by atoms with E-state index >= 15 is 0 Å². The standard InChI is InChI=1S/C28H31N7O3.C7H8O.CH2O/c1-20-13-23(38-32-20)16-34(31-14-21-7-3-2-4-8-21)18-28(37)35-19-27(36)33(17-26(35)29)15-22-9-5-11-25-24(22)10-6-12-30-25;1-6-2-4-7(8)5-3-6;1-2/h2-13,26,31H,14-19,29H2,1H3;2-5,8H,1H3;1H2. The number of pyridine rings is 1. The number of carbonyl (C=O) groups excluding carboxylic acids is 3. The van der Waals surface area contributed by atoms with Crippen molar-refractivity contribution in [1.29, 1.82) is 0 Å². The van der Waals surface area contributed by atoms with Gasteiger partial charge >= 0.3 is 0 Å². The second-order valence-electron chi connectivity index (χ2n) is 11.3. The number of nitrogens with zero attached hydrogens (tertiary/aromatic N) is 5. The minimum Gasteiger partial charge on any atom is -0.508 e. The summed E-state index contributed by atoms with van der Waals surface area (Å²) < 4.78 is 5.37. The Morgan fingerprint density at radius 1 is 1.04 bits per heavy atom. The van der Waals surface area contributed by atoms with Crippen molar-refractivity contribution in [2.45, 2.75) is 39.6 Å². The molecular formula is C36H41N7O5. The van der Waals surface area contributed by atoms with Crippen molar-refractivity contribution in [2.75, 3.05) is 19.6 Å². The van der Waals surface area contributed by atoms with Gasteiger partial charge in [0.2, 0.25) is 11.8 Å². The lowest BCUT2D eigenvalue weighted by molar-refractivity contribution is -0.150. The number of nitrogens with two attached hydrogens (primary N) is 1. The average Bonchev–Trinajstić information content (AvgIpc) is 3.52. The van der Waals surface area contributed by atoms with Crippen LogP contribution in [0.25, 0.3) is 10.9 Å². The molecule has 6 rings (SSSR count). The summed E-state index contributed by atoms with van der Waals surface area (Å²) in [6, 6.07) is 28.6. The predicted molar refractivity (Wildman–Crippen MR) is 182 cm³/mol. The fourth-order valence-corrected chi connectivity index (χ4v) is 5.17. The van der Waals surface area contributed by atoms with E-state index in [-0.39, 0.29) is 31.4 Å². The van der Waals surface area contributed by atoms with Gasteiger partial charge in [0.15, 0.2) is 5.76 Å². The highest BCUT2D eigenvalue weighted by atomic mass is 16.5. The van der Waals surface area contributed by atoms with Gasteiger partial charge in [0.05, 0.1) is 37.0 Å². The Labute approximate surface area is 279 Å². The molecule has 0 radical (unpaired) electrons. The molecule has 0 bridgehead atoms. The van der Waals surface area contributed by atoms with Gasteiger partial charge in [0.1, 0.15) is 19.1 Å². The van der Waals surface area contributed by atoms with Gasteiger partial charge in [-0.2, -0.15) is 0 Å². The normalized spacial score (nSPS) is 14.2. The van der Waals surface area contributed by atoms with E-state index in [0.717, 1.165) is 27.7 Å². The SMILES string of the molecule is C=O.Cc1cc(CN(CC(=O)N2CC(=O)N(Cc3cccc4ncccc34)CC2N)NCc2ccccc2)on1.Cc1ccc(O)cc1. The predicted octanol–water partition coefficient (Wildman–Crippen LogP) is 3.71. The summed E-state index contributed by atoms with van der Waals surface area (Å²) in [5.41, 5.74) is 14.6. The monoisotopic (exact) mass is 651 g/mol. The van der Waals surface area contributed by atoms with Gasteiger partial charge in [-0.25, -0.2) is 10.4 Å². The van der Waals surface area contributed by atoms with E-state index in [1.54, 1.807) is 28.2 Å². The molecule has 2 aromatic heterocycles. The second-order valence-corrected chi connectivity index (χ2v) is 11.3. The van der Waals surface area contributed by atoms with Crippen LogP contribution in [0.4, 0.5) is 0 Å². The molecular weight excluding hydrogens is 610 g/mol. The Hall–Kier alpha value is -5.43. The van der Waals surface area contributed by atoms with E-state index in [1.165, 1.54) is 10.5 Å². The van der Waals surface area contributed by atoms with Crippen LogP contribution in [0.15, 0.2) is 102 Å². The number of fused-ring (bicyclic) bond motifs is 1. The van der Waals surface area contributed by atoms with Crippen LogP contribution in [-0.2, 0) is 34.0 Å². The van der Waals surface area contributed by atoms with Crippen LogP contribution < -0.4 is 11.2 Å². The molecule has 12 nitrogen and oxygen atoms in total. The summed E-state index contributed by atoms with van der Waals surface area (Å²) in [7, 11) is 0. The highest BCUT2D eigenvalue weighted by Crippen LogP contribution is 2.20. The van der Waals surface area contributed by atoms with Gasteiger partial charge in [-0.15, -0.1) is 0 Å². The number of phenolic OH excluding ortho intramolecular Hbond substituents is 1. The molecule has 4 N–H and O–H groups in total. The summed E-state index contributed by atoms with van der Waals surface area (Å²) >= 11 is 0. The zero-order valence-corrected chi connectivity index (χ0v) is 27.2. The number of carbonyl (C=O) groups is 3. The van der Waals surface area contributed by atoms with Crippen molar-refractivity contribution in [2.24, 2.45) is 5.73 Å². The largest absolute Gasteiger partial charge is 0.508 e. The topological polar surface area (TPSA) is 158 Å². The molecule has 1 atom stereocenters. The maximum absolute atomic E-state index is 13.4. The Morgan fingerprint density at radius 3 is 2.48 bits per heavy atom. The van der Waals surface area contributed by atoms with Crippen LogP contribution >= 0.6 is 0 Å². The second kappa shape index (κ2) is 17.5. The minimum atomic E-state index is -0.614. The van der Waals surface area contributed by atoms with Gasteiger partial charge in [-0.3, -0.25) is 14.6 Å². The van der Waals surface area contributed by atoms with Crippen molar-refractivity contribution in [3.8, 4) is 5.75 Å². The maximum atomic E-state index is 13.4. The average molecular weight is 652 g/mol. The Morgan fingerprint density at radius 2 is 1.79 bits per heavy atom. The molecule has 1 unspecified atom stereocenters. The summed E-state index contributed by atoms with van der Waals surface area (Å²) in [4.78, 5) is 42.0.